The number of methoxy groups -OCH3 is 1. The van der Waals surface area contributed by atoms with Crippen LogP contribution in [0.1, 0.15) is 53.9 Å². The highest BCUT2D eigenvalue weighted by Gasteiger charge is 2.55. The number of carboxylic acid groups (broad SMARTS) is 1. The summed E-state index contributed by atoms with van der Waals surface area (Å²) in [6, 6.07) is 13.4. The molecule has 2 aromatic carbocycles. The zero-order valence-corrected chi connectivity index (χ0v) is 18.4. The molecule has 1 N–H and O–H groups in total. The molecule has 0 aromatic heterocycles. The average Bonchev–Trinajstić information content (AvgIpc) is 3.24. The molecule has 3 fully saturated rings. The number of carboxylic acids is 1. The standard InChI is InChI=1S/C26H29NO5/c1-31-22-9-8-19(25(29)30)15-20(22)17-4-6-18(7-5-17)21-16-26(21)10-12-27(13-11-26)24(28)23-3-2-14-32-23/h4-9,15,21,23H,2-3,10-14,16H2,1H3,(H,29,30)/t21?,23-/m1/s1. The third-order valence-electron chi connectivity index (χ3n) is 7.54. The summed E-state index contributed by atoms with van der Waals surface area (Å²) in [6.45, 7) is 2.36. The average molecular weight is 436 g/mol. The van der Waals surface area contributed by atoms with Crippen molar-refractivity contribution in [3.05, 3.63) is 53.6 Å². The van der Waals surface area contributed by atoms with Crippen molar-refractivity contribution < 1.29 is 24.2 Å². The topological polar surface area (TPSA) is 76.1 Å². The molecule has 6 heteroatoms. The number of carbonyl (C=O) groups is 2. The number of ether oxygens (including phenoxy) is 2. The number of piperidine rings is 1. The Bertz CT molecular complexity index is 1020. The van der Waals surface area contributed by atoms with Crippen LogP contribution in [0.15, 0.2) is 42.5 Å². The fourth-order valence-corrected chi connectivity index (χ4v) is 5.48. The fourth-order valence-electron chi connectivity index (χ4n) is 5.48. The van der Waals surface area contributed by atoms with Crippen LogP contribution in [0.25, 0.3) is 11.1 Å². The van der Waals surface area contributed by atoms with Crippen molar-refractivity contribution in [3.8, 4) is 16.9 Å². The smallest absolute Gasteiger partial charge is 0.335 e. The maximum atomic E-state index is 12.6. The molecule has 2 aromatic rings. The normalized spacial score (nSPS) is 23.8. The zero-order valence-electron chi connectivity index (χ0n) is 18.4. The van der Waals surface area contributed by atoms with Crippen molar-refractivity contribution in [1.82, 2.24) is 4.90 Å². The van der Waals surface area contributed by atoms with E-state index in [4.69, 9.17) is 9.47 Å². The molecule has 2 aliphatic heterocycles. The molecule has 2 saturated heterocycles. The van der Waals surface area contributed by atoms with Crippen molar-refractivity contribution in [2.75, 3.05) is 26.8 Å². The first-order valence-electron chi connectivity index (χ1n) is 11.4. The molecule has 3 aliphatic rings. The Hall–Kier alpha value is -2.86. The van der Waals surface area contributed by atoms with E-state index >= 15 is 0 Å². The molecule has 5 rings (SSSR count). The molecular weight excluding hydrogens is 406 g/mol. The van der Waals surface area contributed by atoms with Crippen molar-refractivity contribution >= 4 is 11.9 Å². The summed E-state index contributed by atoms with van der Waals surface area (Å²) in [5.74, 6) is 0.420. The number of likely N-dealkylation sites (tertiary alicyclic amines) is 1. The molecule has 1 saturated carbocycles. The van der Waals surface area contributed by atoms with Gasteiger partial charge in [0.15, 0.2) is 0 Å². The third-order valence-corrected chi connectivity index (χ3v) is 7.54. The van der Waals surface area contributed by atoms with Gasteiger partial charge in [0.05, 0.1) is 12.7 Å². The van der Waals surface area contributed by atoms with Gasteiger partial charge in [-0.05, 0) is 72.8 Å². The molecule has 1 aliphatic carbocycles. The molecule has 6 nitrogen and oxygen atoms in total. The van der Waals surface area contributed by atoms with Gasteiger partial charge in [-0.15, -0.1) is 0 Å². The highest BCUT2D eigenvalue weighted by atomic mass is 16.5. The minimum Gasteiger partial charge on any atom is -0.496 e. The van der Waals surface area contributed by atoms with Crippen LogP contribution in [0.4, 0.5) is 0 Å². The predicted molar refractivity (Wildman–Crippen MR) is 120 cm³/mol. The van der Waals surface area contributed by atoms with Crippen molar-refractivity contribution in [1.29, 1.82) is 0 Å². The summed E-state index contributed by atoms with van der Waals surface area (Å²) >= 11 is 0. The van der Waals surface area contributed by atoms with E-state index in [1.54, 1.807) is 25.3 Å². The van der Waals surface area contributed by atoms with Crippen LogP contribution in [0, 0.1) is 5.41 Å². The molecular formula is C26H29NO5. The maximum Gasteiger partial charge on any atom is 0.335 e. The number of hydrogen-bond acceptors (Lipinski definition) is 4. The van der Waals surface area contributed by atoms with Crippen LogP contribution in [-0.2, 0) is 9.53 Å². The number of aromatic carboxylic acids is 1. The molecule has 1 unspecified atom stereocenters. The second-order valence-electron chi connectivity index (χ2n) is 9.29. The van der Waals surface area contributed by atoms with Gasteiger partial charge in [-0.2, -0.15) is 0 Å². The summed E-state index contributed by atoms with van der Waals surface area (Å²) in [7, 11) is 1.59. The van der Waals surface area contributed by atoms with Crippen LogP contribution in [-0.4, -0.2) is 54.8 Å². The Morgan fingerprint density at radius 2 is 1.88 bits per heavy atom. The summed E-state index contributed by atoms with van der Waals surface area (Å²) in [5.41, 5.74) is 3.61. The van der Waals surface area contributed by atoms with Crippen LogP contribution < -0.4 is 4.74 Å². The predicted octanol–water partition coefficient (Wildman–Crippen LogP) is 4.34. The SMILES string of the molecule is COc1ccc(C(=O)O)cc1-c1ccc(C2CC23CCN(C(=O)[C@H]2CCCO2)CC3)cc1. The number of benzene rings is 2. The highest BCUT2D eigenvalue weighted by Crippen LogP contribution is 2.65. The van der Waals surface area contributed by atoms with E-state index in [2.05, 4.69) is 24.3 Å². The van der Waals surface area contributed by atoms with Gasteiger partial charge < -0.3 is 19.5 Å². The van der Waals surface area contributed by atoms with E-state index in [-0.39, 0.29) is 17.6 Å². The summed E-state index contributed by atoms with van der Waals surface area (Å²) < 4.78 is 11.0. The third kappa shape index (κ3) is 3.77. The number of nitrogens with zero attached hydrogens (tertiary/aromatic N) is 1. The largest absolute Gasteiger partial charge is 0.496 e. The molecule has 32 heavy (non-hydrogen) atoms. The first kappa shape index (κ1) is 21.0. The zero-order chi connectivity index (χ0) is 22.3. The minimum atomic E-state index is -0.949. The molecule has 1 amide bonds. The van der Waals surface area contributed by atoms with Gasteiger partial charge in [-0.3, -0.25) is 4.79 Å². The van der Waals surface area contributed by atoms with E-state index in [0.29, 0.717) is 23.7 Å². The molecule has 0 bridgehead atoms. The number of carbonyl (C=O) groups excluding carboxylic acids is 1. The molecule has 0 radical (unpaired) electrons. The lowest BCUT2D eigenvalue weighted by molar-refractivity contribution is -0.142. The van der Waals surface area contributed by atoms with Crippen LogP contribution in [0.3, 0.4) is 0 Å². The quantitative estimate of drug-likeness (QED) is 0.756. The summed E-state index contributed by atoms with van der Waals surface area (Å²) in [6.07, 6.45) is 4.89. The van der Waals surface area contributed by atoms with Gasteiger partial charge >= 0.3 is 5.97 Å². The Balaban J connectivity index is 1.26. The summed E-state index contributed by atoms with van der Waals surface area (Å²) in [4.78, 5) is 26.0. The monoisotopic (exact) mass is 435 g/mol. The number of amides is 1. The van der Waals surface area contributed by atoms with E-state index in [9.17, 15) is 14.7 Å². The van der Waals surface area contributed by atoms with Gasteiger partial charge in [-0.1, -0.05) is 24.3 Å². The van der Waals surface area contributed by atoms with Crippen LogP contribution >= 0.6 is 0 Å². The lowest BCUT2D eigenvalue weighted by Gasteiger charge is -2.34. The molecule has 168 valence electrons. The first-order chi connectivity index (χ1) is 15.5. The first-order valence-corrected chi connectivity index (χ1v) is 11.4. The number of hydrogen-bond donors (Lipinski definition) is 1. The van der Waals surface area contributed by atoms with Crippen LogP contribution in [0.2, 0.25) is 0 Å². The maximum absolute atomic E-state index is 12.6. The number of rotatable bonds is 5. The molecule has 2 heterocycles. The van der Waals surface area contributed by atoms with Crippen molar-refractivity contribution in [3.63, 3.8) is 0 Å². The van der Waals surface area contributed by atoms with Gasteiger partial charge in [0.1, 0.15) is 11.9 Å². The Morgan fingerprint density at radius 1 is 1.12 bits per heavy atom. The second kappa shape index (κ2) is 8.24. The van der Waals surface area contributed by atoms with E-state index in [1.165, 1.54) is 12.0 Å². The van der Waals surface area contributed by atoms with Gasteiger partial charge in [0, 0.05) is 25.3 Å². The van der Waals surface area contributed by atoms with E-state index in [1.807, 2.05) is 4.90 Å². The van der Waals surface area contributed by atoms with Crippen molar-refractivity contribution in [2.24, 2.45) is 5.41 Å². The van der Waals surface area contributed by atoms with Gasteiger partial charge in [0.25, 0.3) is 5.91 Å². The molecule has 2 atom stereocenters. The second-order valence-corrected chi connectivity index (χ2v) is 9.29. The molecule has 1 spiro atoms. The van der Waals surface area contributed by atoms with E-state index < -0.39 is 5.97 Å². The lowest BCUT2D eigenvalue weighted by atomic mass is 9.88. The van der Waals surface area contributed by atoms with Crippen LogP contribution in [0.5, 0.6) is 5.75 Å². The summed E-state index contributed by atoms with van der Waals surface area (Å²) in [5, 5.41) is 9.33. The van der Waals surface area contributed by atoms with E-state index in [0.717, 1.165) is 49.9 Å². The Morgan fingerprint density at radius 3 is 2.50 bits per heavy atom. The fraction of sp³-hybridized carbons (Fsp3) is 0.462. The van der Waals surface area contributed by atoms with Crippen molar-refractivity contribution in [2.45, 2.75) is 44.1 Å². The lowest BCUT2D eigenvalue weighted by Crippen LogP contribution is -2.44. The Labute approximate surface area is 188 Å². The van der Waals surface area contributed by atoms with Gasteiger partial charge in [0.2, 0.25) is 0 Å². The Kier molecular flexibility index (Phi) is 5.41. The minimum absolute atomic E-state index is 0.177. The highest BCUT2D eigenvalue weighted by molar-refractivity contribution is 5.90. The van der Waals surface area contributed by atoms with Gasteiger partial charge in [-0.25, -0.2) is 4.79 Å².